The minimum absolute atomic E-state index is 0.0590. The minimum atomic E-state index is -0.485. The number of aryl methyl sites for hydroxylation is 1. The van der Waals surface area contributed by atoms with Crippen LogP contribution < -0.4 is 0 Å². The highest BCUT2D eigenvalue weighted by Crippen LogP contribution is 2.27. The molecular formula is C14H9Cl2FN2S. The zero-order valence-electron chi connectivity index (χ0n) is 10.4. The zero-order chi connectivity index (χ0) is 14.4. The molecule has 20 heavy (non-hydrogen) atoms. The lowest BCUT2D eigenvalue weighted by Gasteiger charge is -2.09. The molecule has 0 aliphatic rings. The van der Waals surface area contributed by atoms with Gasteiger partial charge < -0.3 is 4.98 Å². The van der Waals surface area contributed by atoms with Gasteiger partial charge in [-0.05, 0) is 42.9 Å². The van der Waals surface area contributed by atoms with Gasteiger partial charge in [0.15, 0.2) is 4.77 Å². The van der Waals surface area contributed by atoms with Crippen LogP contribution in [-0.2, 0) is 0 Å². The molecule has 0 spiro atoms. The fourth-order valence-electron chi connectivity index (χ4n) is 2.16. The number of benzene rings is 2. The molecule has 0 unspecified atom stereocenters. The molecule has 1 N–H and O–H groups in total. The van der Waals surface area contributed by atoms with Crippen molar-refractivity contribution >= 4 is 46.5 Å². The van der Waals surface area contributed by atoms with Gasteiger partial charge in [0.1, 0.15) is 5.82 Å². The van der Waals surface area contributed by atoms with Crippen molar-refractivity contribution in [3.05, 3.63) is 56.5 Å². The van der Waals surface area contributed by atoms with Crippen LogP contribution in [0.3, 0.4) is 0 Å². The van der Waals surface area contributed by atoms with E-state index in [1.807, 2.05) is 13.0 Å². The van der Waals surface area contributed by atoms with Crippen LogP contribution in [0.2, 0.25) is 10.0 Å². The fourth-order valence-corrected chi connectivity index (χ4v) is 2.80. The first-order valence-electron chi connectivity index (χ1n) is 5.83. The highest BCUT2D eigenvalue weighted by atomic mass is 35.5. The van der Waals surface area contributed by atoms with Crippen molar-refractivity contribution in [2.24, 2.45) is 0 Å². The first-order chi connectivity index (χ1) is 9.47. The van der Waals surface area contributed by atoms with Gasteiger partial charge in [0.2, 0.25) is 0 Å². The van der Waals surface area contributed by atoms with Crippen molar-refractivity contribution in [3.63, 3.8) is 0 Å². The van der Waals surface area contributed by atoms with Crippen LogP contribution in [0.25, 0.3) is 16.7 Å². The topological polar surface area (TPSA) is 20.7 Å². The maximum Gasteiger partial charge on any atom is 0.182 e. The number of hydrogen-bond acceptors (Lipinski definition) is 1. The Balaban J connectivity index is 2.42. The Labute approximate surface area is 129 Å². The van der Waals surface area contributed by atoms with E-state index in [-0.39, 0.29) is 5.02 Å². The Kier molecular flexibility index (Phi) is 3.32. The molecular weight excluding hydrogens is 318 g/mol. The molecule has 3 rings (SSSR count). The minimum Gasteiger partial charge on any atom is -0.330 e. The van der Waals surface area contributed by atoms with Crippen LogP contribution in [0.4, 0.5) is 4.39 Å². The van der Waals surface area contributed by atoms with Gasteiger partial charge in [-0.25, -0.2) is 4.39 Å². The summed E-state index contributed by atoms with van der Waals surface area (Å²) < 4.78 is 15.9. The summed E-state index contributed by atoms with van der Waals surface area (Å²) in [4.78, 5) is 3.02. The van der Waals surface area contributed by atoms with Crippen molar-refractivity contribution in [1.82, 2.24) is 9.55 Å². The molecule has 1 heterocycles. The van der Waals surface area contributed by atoms with E-state index in [1.165, 1.54) is 12.1 Å². The Morgan fingerprint density at radius 2 is 1.95 bits per heavy atom. The van der Waals surface area contributed by atoms with Crippen LogP contribution in [0.15, 0.2) is 30.3 Å². The number of rotatable bonds is 1. The number of fused-ring (bicyclic) bond motifs is 1. The van der Waals surface area contributed by atoms with E-state index in [2.05, 4.69) is 4.98 Å². The van der Waals surface area contributed by atoms with E-state index in [4.69, 9.17) is 35.4 Å². The van der Waals surface area contributed by atoms with E-state index < -0.39 is 5.82 Å². The summed E-state index contributed by atoms with van der Waals surface area (Å²) >= 11 is 17.2. The number of imidazole rings is 1. The molecule has 2 aromatic carbocycles. The lowest BCUT2D eigenvalue weighted by Crippen LogP contribution is -1.97. The molecule has 0 aliphatic carbocycles. The summed E-state index contributed by atoms with van der Waals surface area (Å²) in [5.41, 5.74) is 3.11. The third-order valence-corrected chi connectivity index (χ3v) is 3.95. The van der Waals surface area contributed by atoms with Gasteiger partial charge in [0.25, 0.3) is 0 Å². The second kappa shape index (κ2) is 4.88. The number of halogens is 3. The molecule has 0 saturated carbocycles. The number of H-pyrrole nitrogens is 1. The van der Waals surface area contributed by atoms with Crippen molar-refractivity contribution in [3.8, 4) is 5.69 Å². The number of aromatic nitrogens is 2. The SMILES string of the molecule is Cc1ccc(Cl)cc1-n1c(=S)[nH]c2cc(Cl)c(F)cc21. The Bertz CT molecular complexity index is 883. The van der Waals surface area contributed by atoms with Crippen LogP contribution in [0, 0.1) is 17.5 Å². The summed E-state index contributed by atoms with van der Waals surface area (Å²) in [5, 5.41) is 0.653. The molecule has 0 amide bonds. The molecule has 0 saturated heterocycles. The standard InChI is InChI=1S/C14H9Cl2FN2S/c1-7-2-3-8(15)4-12(7)19-13-6-10(17)9(16)5-11(13)18-14(19)20/h2-6H,1H3,(H,18,20). The lowest BCUT2D eigenvalue weighted by molar-refractivity contribution is 0.629. The van der Waals surface area contributed by atoms with Gasteiger partial charge in [0, 0.05) is 11.1 Å². The molecule has 6 heteroatoms. The Morgan fingerprint density at radius 3 is 2.70 bits per heavy atom. The maximum absolute atomic E-state index is 13.7. The van der Waals surface area contributed by atoms with Gasteiger partial charge in [-0.2, -0.15) is 0 Å². The monoisotopic (exact) mass is 326 g/mol. The van der Waals surface area contributed by atoms with Gasteiger partial charge in [0.05, 0.1) is 21.7 Å². The summed E-state index contributed by atoms with van der Waals surface area (Å²) in [6.07, 6.45) is 0. The molecule has 0 aliphatic heterocycles. The van der Waals surface area contributed by atoms with Crippen molar-refractivity contribution < 1.29 is 4.39 Å². The summed E-state index contributed by atoms with van der Waals surface area (Å²) in [6.45, 7) is 1.94. The molecule has 0 bridgehead atoms. The van der Waals surface area contributed by atoms with E-state index in [0.717, 1.165) is 11.3 Å². The number of nitrogens with one attached hydrogen (secondary N) is 1. The Morgan fingerprint density at radius 1 is 1.20 bits per heavy atom. The highest BCUT2D eigenvalue weighted by Gasteiger charge is 2.12. The second-order valence-corrected chi connectivity index (χ2v) is 5.71. The normalized spacial score (nSPS) is 11.2. The third kappa shape index (κ3) is 2.14. The highest BCUT2D eigenvalue weighted by molar-refractivity contribution is 7.71. The van der Waals surface area contributed by atoms with E-state index in [9.17, 15) is 4.39 Å². The predicted molar refractivity (Wildman–Crippen MR) is 83.2 cm³/mol. The van der Waals surface area contributed by atoms with Crippen molar-refractivity contribution in [1.29, 1.82) is 0 Å². The quantitative estimate of drug-likeness (QED) is 0.590. The van der Waals surface area contributed by atoms with E-state index in [1.54, 1.807) is 16.7 Å². The molecule has 2 nitrogen and oxygen atoms in total. The lowest BCUT2D eigenvalue weighted by atomic mass is 10.2. The van der Waals surface area contributed by atoms with Gasteiger partial charge in [-0.3, -0.25) is 4.57 Å². The van der Waals surface area contributed by atoms with E-state index >= 15 is 0 Å². The second-order valence-electron chi connectivity index (χ2n) is 4.48. The van der Waals surface area contributed by atoms with Crippen LogP contribution in [-0.4, -0.2) is 9.55 Å². The zero-order valence-corrected chi connectivity index (χ0v) is 12.7. The van der Waals surface area contributed by atoms with Crippen molar-refractivity contribution in [2.75, 3.05) is 0 Å². The van der Waals surface area contributed by atoms with Crippen LogP contribution in [0.1, 0.15) is 5.56 Å². The molecule has 3 aromatic rings. The summed E-state index contributed by atoms with van der Waals surface area (Å²) in [5.74, 6) is -0.485. The van der Waals surface area contributed by atoms with Crippen LogP contribution >= 0.6 is 35.4 Å². The smallest absolute Gasteiger partial charge is 0.182 e. The fraction of sp³-hybridized carbons (Fsp3) is 0.0714. The number of nitrogens with zero attached hydrogens (tertiary/aromatic N) is 1. The molecule has 1 aromatic heterocycles. The average molecular weight is 327 g/mol. The summed E-state index contributed by atoms with van der Waals surface area (Å²) in [6, 6.07) is 8.38. The third-order valence-electron chi connectivity index (χ3n) is 3.14. The molecule has 102 valence electrons. The number of aromatic amines is 1. The predicted octanol–water partition coefficient (Wildman–Crippen LogP) is 5.44. The molecule has 0 radical (unpaired) electrons. The van der Waals surface area contributed by atoms with Crippen LogP contribution in [0.5, 0.6) is 0 Å². The molecule has 0 fully saturated rings. The van der Waals surface area contributed by atoms with Gasteiger partial charge in [-0.1, -0.05) is 29.3 Å². The largest absolute Gasteiger partial charge is 0.330 e. The first-order valence-corrected chi connectivity index (χ1v) is 7.00. The average Bonchev–Trinajstić information content (AvgIpc) is 2.69. The van der Waals surface area contributed by atoms with E-state index in [0.29, 0.717) is 20.8 Å². The van der Waals surface area contributed by atoms with Gasteiger partial charge >= 0.3 is 0 Å². The Hall–Kier alpha value is -1.36. The number of hydrogen-bond donors (Lipinski definition) is 1. The van der Waals surface area contributed by atoms with Crippen molar-refractivity contribution in [2.45, 2.75) is 6.92 Å². The van der Waals surface area contributed by atoms with Gasteiger partial charge in [-0.15, -0.1) is 0 Å². The maximum atomic E-state index is 13.7. The molecule has 0 atom stereocenters. The first kappa shape index (κ1) is 13.6. The summed E-state index contributed by atoms with van der Waals surface area (Å²) in [7, 11) is 0.